The molecule has 1 fully saturated rings. The molecule has 2 aliphatic carbocycles. The van der Waals surface area contributed by atoms with E-state index in [1.807, 2.05) is 6.07 Å². The molecule has 0 aliphatic heterocycles. The van der Waals surface area contributed by atoms with Crippen molar-refractivity contribution in [1.82, 2.24) is 4.90 Å². The molecule has 3 atom stereocenters. The van der Waals surface area contributed by atoms with Crippen molar-refractivity contribution < 1.29 is 13.9 Å². The predicted molar refractivity (Wildman–Crippen MR) is 97.7 cm³/mol. The molecular formula is C21H28FNO2. The van der Waals surface area contributed by atoms with Crippen LogP contribution in [0, 0.1) is 29.5 Å². The van der Waals surface area contributed by atoms with Crippen LogP contribution in [0.4, 0.5) is 4.39 Å². The van der Waals surface area contributed by atoms with Gasteiger partial charge >= 0.3 is 5.97 Å². The highest BCUT2D eigenvalue weighted by atomic mass is 19.1. The monoisotopic (exact) mass is 345 g/mol. The van der Waals surface area contributed by atoms with Gasteiger partial charge in [-0.3, -0.25) is 4.79 Å². The Hall–Kier alpha value is -1.68. The van der Waals surface area contributed by atoms with Crippen LogP contribution < -0.4 is 4.74 Å². The minimum atomic E-state index is -0.355. The summed E-state index contributed by atoms with van der Waals surface area (Å²) in [6.07, 6.45) is 6.04. The van der Waals surface area contributed by atoms with Crippen molar-refractivity contribution in [2.75, 3.05) is 20.6 Å². The zero-order chi connectivity index (χ0) is 18.1. The van der Waals surface area contributed by atoms with E-state index in [1.54, 1.807) is 19.9 Å². The van der Waals surface area contributed by atoms with Crippen molar-refractivity contribution in [2.24, 2.45) is 23.7 Å². The van der Waals surface area contributed by atoms with Gasteiger partial charge in [0.2, 0.25) is 0 Å². The average Bonchev–Trinajstić information content (AvgIpc) is 2.91. The summed E-state index contributed by atoms with van der Waals surface area (Å²) < 4.78 is 19.6. The molecule has 1 saturated carbocycles. The van der Waals surface area contributed by atoms with E-state index < -0.39 is 0 Å². The number of esters is 1. The summed E-state index contributed by atoms with van der Waals surface area (Å²) in [6.45, 7) is 4.51. The number of ether oxygens (including phenoxy) is 1. The number of hydrogen-bond acceptors (Lipinski definition) is 3. The highest BCUT2D eigenvalue weighted by Gasteiger charge is 2.37. The summed E-state index contributed by atoms with van der Waals surface area (Å²) in [5.41, 5.74) is 2.07. The van der Waals surface area contributed by atoms with Gasteiger partial charge in [-0.1, -0.05) is 19.9 Å². The standard InChI is InChI=1S/C21H28FNO2/c1-13(2)21(24)25-18-10-16(9-17(22)11-18)19-8-14-5-6-15(7-14)20(19)12-23(3)4/h8-11,13-15,20H,5-7,12H2,1-4H3. The molecule has 1 aromatic carbocycles. The maximum Gasteiger partial charge on any atom is 0.313 e. The highest BCUT2D eigenvalue weighted by Crippen LogP contribution is 2.48. The van der Waals surface area contributed by atoms with E-state index >= 15 is 0 Å². The number of rotatable bonds is 5. The van der Waals surface area contributed by atoms with E-state index in [0.717, 1.165) is 12.1 Å². The number of carbonyl (C=O) groups excluding carboxylic acids is 1. The van der Waals surface area contributed by atoms with E-state index in [9.17, 15) is 9.18 Å². The zero-order valence-corrected chi connectivity index (χ0v) is 15.6. The Morgan fingerprint density at radius 1 is 1.28 bits per heavy atom. The molecule has 0 amide bonds. The Balaban J connectivity index is 1.93. The van der Waals surface area contributed by atoms with Crippen LogP contribution >= 0.6 is 0 Å². The van der Waals surface area contributed by atoms with Crippen LogP contribution in [0.25, 0.3) is 5.57 Å². The lowest BCUT2D eigenvalue weighted by molar-refractivity contribution is -0.137. The molecule has 3 unspecified atom stereocenters. The number of benzene rings is 1. The number of nitrogens with zero attached hydrogens (tertiary/aromatic N) is 1. The molecule has 0 heterocycles. The number of allylic oxidation sites excluding steroid dienone is 1. The van der Waals surface area contributed by atoms with Gasteiger partial charge in [-0.15, -0.1) is 0 Å². The molecule has 0 radical (unpaired) electrons. The van der Waals surface area contributed by atoms with E-state index in [0.29, 0.717) is 23.5 Å². The first-order valence-corrected chi connectivity index (χ1v) is 9.22. The van der Waals surface area contributed by atoms with Crippen molar-refractivity contribution in [2.45, 2.75) is 33.1 Å². The van der Waals surface area contributed by atoms with Crippen molar-refractivity contribution >= 4 is 11.5 Å². The lowest BCUT2D eigenvalue weighted by Crippen LogP contribution is -2.29. The third kappa shape index (κ3) is 4.12. The number of carbonyl (C=O) groups is 1. The summed E-state index contributed by atoms with van der Waals surface area (Å²) in [5.74, 6) is 1.05. The Bertz CT molecular complexity index is 680. The molecular weight excluding hydrogens is 317 g/mol. The molecule has 25 heavy (non-hydrogen) atoms. The molecule has 1 aromatic rings. The quantitative estimate of drug-likeness (QED) is 0.586. The summed E-state index contributed by atoms with van der Waals surface area (Å²) in [5, 5.41) is 0. The Kier molecular flexibility index (Phi) is 5.28. The van der Waals surface area contributed by atoms with Gasteiger partial charge < -0.3 is 9.64 Å². The first kappa shape index (κ1) is 18.1. The average molecular weight is 345 g/mol. The summed E-state index contributed by atoms with van der Waals surface area (Å²) >= 11 is 0. The predicted octanol–water partition coefficient (Wildman–Crippen LogP) is 4.38. The Morgan fingerprint density at radius 2 is 2.04 bits per heavy atom. The molecule has 2 aliphatic rings. The SMILES string of the molecule is CC(C)C(=O)Oc1cc(F)cc(C2=CC3CCC(C3)C2CN(C)C)c1. The molecule has 136 valence electrons. The van der Waals surface area contributed by atoms with E-state index in [-0.39, 0.29) is 17.7 Å². The maximum absolute atomic E-state index is 14.2. The van der Waals surface area contributed by atoms with Crippen LogP contribution in [0.15, 0.2) is 24.3 Å². The molecule has 0 N–H and O–H groups in total. The number of halogens is 1. The van der Waals surface area contributed by atoms with Gasteiger partial charge in [0.1, 0.15) is 11.6 Å². The normalized spacial score (nSPS) is 25.4. The lowest BCUT2D eigenvalue weighted by Gasteiger charge is -2.33. The fraction of sp³-hybridized carbons (Fsp3) is 0.571. The van der Waals surface area contributed by atoms with Crippen LogP contribution in [-0.2, 0) is 4.79 Å². The Labute approximate surface area is 149 Å². The second-order valence-electron chi connectivity index (χ2n) is 8.08. The van der Waals surface area contributed by atoms with Gasteiger partial charge in [-0.05, 0) is 74.4 Å². The van der Waals surface area contributed by atoms with Crippen LogP contribution in [0.2, 0.25) is 0 Å². The fourth-order valence-corrected chi connectivity index (χ4v) is 4.17. The van der Waals surface area contributed by atoms with Crippen molar-refractivity contribution in [3.63, 3.8) is 0 Å². The highest BCUT2D eigenvalue weighted by molar-refractivity contribution is 5.76. The molecule has 2 bridgehead atoms. The van der Waals surface area contributed by atoms with Crippen molar-refractivity contribution in [3.8, 4) is 5.75 Å². The summed E-state index contributed by atoms with van der Waals surface area (Å²) in [4.78, 5) is 14.1. The van der Waals surface area contributed by atoms with E-state index in [2.05, 4.69) is 25.1 Å². The molecule has 0 spiro atoms. The molecule has 4 heteroatoms. The van der Waals surface area contributed by atoms with Crippen molar-refractivity contribution in [3.05, 3.63) is 35.7 Å². The maximum atomic E-state index is 14.2. The van der Waals surface area contributed by atoms with Gasteiger partial charge in [-0.25, -0.2) is 4.39 Å². The van der Waals surface area contributed by atoms with Gasteiger partial charge in [0.15, 0.2) is 0 Å². The van der Waals surface area contributed by atoms with Crippen LogP contribution in [0.5, 0.6) is 5.75 Å². The molecule has 3 nitrogen and oxygen atoms in total. The van der Waals surface area contributed by atoms with Gasteiger partial charge in [0.25, 0.3) is 0 Å². The van der Waals surface area contributed by atoms with Crippen molar-refractivity contribution in [1.29, 1.82) is 0 Å². The Morgan fingerprint density at radius 3 is 2.72 bits per heavy atom. The second-order valence-corrected chi connectivity index (χ2v) is 8.08. The summed E-state index contributed by atoms with van der Waals surface area (Å²) in [7, 11) is 4.17. The van der Waals surface area contributed by atoms with Gasteiger partial charge in [0.05, 0.1) is 5.92 Å². The van der Waals surface area contributed by atoms with Gasteiger partial charge in [0, 0.05) is 12.6 Å². The third-order valence-electron chi connectivity index (χ3n) is 5.35. The van der Waals surface area contributed by atoms with Crippen LogP contribution in [0.1, 0.15) is 38.7 Å². The smallest absolute Gasteiger partial charge is 0.313 e. The first-order chi connectivity index (χ1) is 11.8. The first-order valence-electron chi connectivity index (χ1n) is 9.22. The van der Waals surface area contributed by atoms with E-state index in [4.69, 9.17) is 4.74 Å². The van der Waals surface area contributed by atoms with Gasteiger partial charge in [-0.2, -0.15) is 0 Å². The zero-order valence-electron chi connectivity index (χ0n) is 15.6. The number of fused-ring (bicyclic) bond motifs is 2. The topological polar surface area (TPSA) is 29.5 Å². The van der Waals surface area contributed by atoms with E-state index in [1.165, 1.54) is 30.9 Å². The third-order valence-corrected chi connectivity index (χ3v) is 5.35. The largest absolute Gasteiger partial charge is 0.426 e. The lowest BCUT2D eigenvalue weighted by atomic mass is 9.76. The molecule has 0 aromatic heterocycles. The summed E-state index contributed by atoms with van der Waals surface area (Å²) in [6, 6.07) is 4.69. The minimum absolute atomic E-state index is 0.238. The van der Waals surface area contributed by atoms with Crippen LogP contribution in [0.3, 0.4) is 0 Å². The minimum Gasteiger partial charge on any atom is -0.426 e. The fourth-order valence-electron chi connectivity index (χ4n) is 4.17. The molecule has 0 saturated heterocycles. The van der Waals surface area contributed by atoms with Crippen LogP contribution in [-0.4, -0.2) is 31.5 Å². The number of hydrogen-bond donors (Lipinski definition) is 0. The molecule has 3 rings (SSSR count). The second kappa shape index (κ2) is 7.28.